The van der Waals surface area contributed by atoms with Gasteiger partial charge in [-0.05, 0) is 50.0 Å². The van der Waals surface area contributed by atoms with Gasteiger partial charge in [0.05, 0.1) is 0 Å². The zero-order chi connectivity index (χ0) is 13.1. The Kier molecular flexibility index (Phi) is 3.90. The molecule has 3 rings (SSSR count). The van der Waals surface area contributed by atoms with Crippen molar-refractivity contribution in [1.82, 2.24) is 4.98 Å². The van der Waals surface area contributed by atoms with Crippen molar-refractivity contribution in [3.8, 4) is 0 Å². The first kappa shape index (κ1) is 12.8. The largest absolute Gasteiger partial charge is 0.371 e. The summed E-state index contributed by atoms with van der Waals surface area (Å²) in [6, 6.07) is 4.39. The van der Waals surface area contributed by atoms with Gasteiger partial charge in [-0.3, -0.25) is 0 Å². The molecule has 0 atom stereocenters. The number of hydrogen-bond acceptors (Lipinski definition) is 3. The van der Waals surface area contributed by atoms with Crippen LogP contribution < -0.4 is 10.2 Å². The highest BCUT2D eigenvalue weighted by atomic mass is 15.1. The van der Waals surface area contributed by atoms with Crippen LogP contribution in [0, 0.1) is 11.8 Å². The summed E-state index contributed by atoms with van der Waals surface area (Å²) in [7, 11) is 0. The van der Waals surface area contributed by atoms with Crippen molar-refractivity contribution in [2.75, 3.05) is 29.9 Å². The van der Waals surface area contributed by atoms with Crippen molar-refractivity contribution in [3.63, 3.8) is 0 Å². The van der Waals surface area contributed by atoms with Gasteiger partial charge in [0, 0.05) is 37.6 Å². The van der Waals surface area contributed by atoms with E-state index in [9.17, 15) is 0 Å². The molecule has 19 heavy (non-hydrogen) atoms. The lowest BCUT2D eigenvalue weighted by Gasteiger charge is -2.25. The molecule has 2 aliphatic carbocycles. The first-order valence-electron chi connectivity index (χ1n) is 7.80. The Bertz CT molecular complexity index is 396. The molecule has 104 valence electrons. The first-order valence-corrected chi connectivity index (χ1v) is 7.80. The molecule has 2 aliphatic rings. The summed E-state index contributed by atoms with van der Waals surface area (Å²) in [5, 5.41) is 3.39. The fourth-order valence-electron chi connectivity index (χ4n) is 2.48. The summed E-state index contributed by atoms with van der Waals surface area (Å²) in [5.41, 5.74) is 1.35. The van der Waals surface area contributed by atoms with Gasteiger partial charge in [0.15, 0.2) is 0 Å². The zero-order valence-electron chi connectivity index (χ0n) is 11.9. The minimum Gasteiger partial charge on any atom is -0.371 e. The Morgan fingerprint density at radius 2 is 1.89 bits per heavy atom. The van der Waals surface area contributed by atoms with Crippen LogP contribution in [0.3, 0.4) is 0 Å². The van der Waals surface area contributed by atoms with Crippen LogP contribution in [-0.2, 0) is 0 Å². The average molecular weight is 259 g/mol. The van der Waals surface area contributed by atoms with E-state index < -0.39 is 0 Å². The highest BCUT2D eigenvalue weighted by Gasteiger charge is 2.29. The monoisotopic (exact) mass is 259 g/mol. The van der Waals surface area contributed by atoms with Crippen molar-refractivity contribution in [2.45, 2.75) is 39.0 Å². The van der Waals surface area contributed by atoms with Crippen molar-refractivity contribution >= 4 is 11.5 Å². The van der Waals surface area contributed by atoms with Crippen LogP contribution in [0.4, 0.5) is 11.5 Å². The molecule has 0 aliphatic heterocycles. The lowest BCUT2D eigenvalue weighted by atomic mass is 10.2. The molecule has 1 N–H and O–H groups in total. The van der Waals surface area contributed by atoms with Crippen molar-refractivity contribution < 1.29 is 0 Å². The van der Waals surface area contributed by atoms with Crippen LogP contribution >= 0.6 is 0 Å². The van der Waals surface area contributed by atoms with E-state index in [0.717, 1.165) is 30.6 Å². The maximum atomic E-state index is 4.41. The van der Waals surface area contributed by atoms with Crippen LogP contribution in [0.2, 0.25) is 0 Å². The van der Waals surface area contributed by atoms with Crippen molar-refractivity contribution in [1.29, 1.82) is 0 Å². The van der Waals surface area contributed by atoms with E-state index in [0.29, 0.717) is 0 Å². The molecular formula is C16H25N3. The van der Waals surface area contributed by atoms with E-state index >= 15 is 0 Å². The number of aromatic nitrogens is 1. The molecule has 0 bridgehead atoms. The summed E-state index contributed by atoms with van der Waals surface area (Å²) in [4.78, 5) is 7.00. The Morgan fingerprint density at radius 3 is 2.47 bits per heavy atom. The third-order valence-electron chi connectivity index (χ3n) is 4.02. The molecule has 0 unspecified atom stereocenters. The number of rotatable bonds is 8. The average Bonchev–Trinajstić information content (AvgIpc) is 3.31. The van der Waals surface area contributed by atoms with Crippen LogP contribution in [0.15, 0.2) is 18.3 Å². The van der Waals surface area contributed by atoms with E-state index in [-0.39, 0.29) is 0 Å². The number of hydrogen-bond donors (Lipinski definition) is 1. The molecule has 3 heteroatoms. The molecule has 2 saturated carbocycles. The normalized spacial score (nSPS) is 18.4. The van der Waals surface area contributed by atoms with E-state index in [1.54, 1.807) is 0 Å². The second-order valence-corrected chi connectivity index (χ2v) is 6.12. The molecule has 0 radical (unpaired) electrons. The second kappa shape index (κ2) is 5.81. The third kappa shape index (κ3) is 3.85. The van der Waals surface area contributed by atoms with E-state index in [1.165, 1.54) is 44.5 Å². The lowest BCUT2D eigenvalue weighted by molar-refractivity contribution is 0.679. The summed E-state index contributed by atoms with van der Waals surface area (Å²) in [5.74, 6) is 2.91. The van der Waals surface area contributed by atoms with Crippen LogP contribution in [0.25, 0.3) is 0 Å². The first-order chi connectivity index (χ1) is 9.35. The fourth-order valence-corrected chi connectivity index (χ4v) is 2.48. The van der Waals surface area contributed by atoms with Gasteiger partial charge in [-0.2, -0.15) is 0 Å². The third-order valence-corrected chi connectivity index (χ3v) is 4.02. The maximum absolute atomic E-state index is 4.41. The van der Waals surface area contributed by atoms with Crippen molar-refractivity contribution in [3.05, 3.63) is 18.3 Å². The van der Waals surface area contributed by atoms with Gasteiger partial charge < -0.3 is 10.2 Å². The highest BCUT2D eigenvalue weighted by Crippen LogP contribution is 2.35. The van der Waals surface area contributed by atoms with E-state index in [4.69, 9.17) is 0 Å². The van der Waals surface area contributed by atoms with Crippen LogP contribution in [0.5, 0.6) is 0 Å². The predicted molar refractivity (Wildman–Crippen MR) is 80.7 cm³/mol. The van der Waals surface area contributed by atoms with Gasteiger partial charge in [0.25, 0.3) is 0 Å². The number of nitrogens with one attached hydrogen (secondary N) is 1. The van der Waals surface area contributed by atoms with Gasteiger partial charge >= 0.3 is 0 Å². The Balaban J connectivity index is 1.67. The number of anilines is 2. The fraction of sp³-hybridized carbons (Fsp3) is 0.688. The summed E-state index contributed by atoms with van der Waals surface area (Å²) in [6.07, 6.45) is 8.78. The maximum Gasteiger partial charge on any atom is 0.127 e. The molecular weight excluding hydrogens is 234 g/mol. The topological polar surface area (TPSA) is 28.2 Å². The molecule has 1 heterocycles. The quantitative estimate of drug-likeness (QED) is 0.774. The number of pyridine rings is 1. The van der Waals surface area contributed by atoms with Gasteiger partial charge in [-0.25, -0.2) is 4.98 Å². The summed E-state index contributed by atoms with van der Waals surface area (Å²) >= 11 is 0. The summed E-state index contributed by atoms with van der Waals surface area (Å²) in [6.45, 7) is 5.67. The van der Waals surface area contributed by atoms with Crippen molar-refractivity contribution in [2.24, 2.45) is 11.8 Å². The minimum absolute atomic E-state index is 0.943. The van der Waals surface area contributed by atoms with Gasteiger partial charge in [0.2, 0.25) is 0 Å². The number of nitrogens with zero attached hydrogens (tertiary/aromatic N) is 2. The van der Waals surface area contributed by atoms with E-state index in [2.05, 4.69) is 34.3 Å². The predicted octanol–water partition coefficient (Wildman–Crippen LogP) is 3.53. The van der Waals surface area contributed by atoms with Crippen LogP contribution in [0.1, 0.15) is 39.0 Å². The lowest BCUT2D eigenvalue weighted by Crippen LogP contribution is -2.28. The Morgan fingerprint density at radius 1 is 1.21 bits per heavy atom. The molecule has 0 aromatic carbocycles. The minimum atomic E-state index is 0.943. The van der Waals surface area contributed by atoms with Gasteiger partial charge in [-0.15, -0.1) is 0 Å². The van der Waals surface area contributed by atoms with E-state index in [1.807, 2.05) is 6.20 Å². The Labute approximate surface area is 116 Å². The molecule has 0 amide bonds. The molecule has 1 aromatic rings. The second-order valence-electron chi connectivity index (χ2n) is 6.12. The standard InChI is InChI=1S/C16H25N3/c1-2-8-17-16-10-15(7-9-18-16)19(11-13-3-4-13)12-14-5-6-14/h7,9-10,13-14H,2-6,8,11-12H2,1H3,(H,17,18). The zero-order valence-corrected chi connectivity index (χ0v) is 11.9. The molecule has 1 aromatic heterocycles. The van der Waals surface area contributed by atoms with Gasteiger partial charge in [-0.1, -0.05) is 6.92 Å². The SMILES string of the molecule is CCCNc1cc(N(CC2CC2)CC2CC2)ccn1. The van der Waals surface area contributed by atoms with Crippen LogP contribution in [-0.4, -0.2) is 24.6 Å². The molecule has 0 saturated heterocycles. The highest BCUT2D eigenvalue weighted by molar-refractivity contribution is 5.54. The Hall–Kier alpha value is -1.25. The summed E-state index contributed by atoms with van der Waals surface area (Å²) < 4.78 is 0. The molecule has 3 nitrogen and oxygen atoms in total. The molecule has 0 spiro atoms. The molecule has 2 fully saturated rings. The van der Waals surface area contributed by atoms with Gasteiger partial charge in [0.1, 0.15) is 5.82 Å². The smallest absolute Gasteiger partial charge is 0.127 e.